The van der Waals surface area contributed by atoms with Crippen molar-refractivity contribution < 1.29 is 9.90 Å². The third-order valence-electron chi connectivity index (χ3n) is 5.02. The normalized spacial score (nSPS) is 28.9. The molecule has 2 fully saturated rings. The maximum absolute atomic E-state index is 12.0. The molecule has 20 heavy (non-hydrogen) atoms. The smallest absolute Gasteiger partial charge is 0.220 e. The van der Waals surface area contributed by atoms with E-state index in [0.29, 0.717) is 24.3 Å². The molecule has 1 saturated heterocycles. The minimum absolute atomic E-state index is 0.0944. The first-order chi connectivity index (χ1) is 9.39. The van der Waals surface area contributed by atoms with Crippen LogP contribution in [-0.4, -0.2) is 36.2 Å². The van der Waals surface area contributed by atoms with E-state index in [1.54, 1.807) is 0 Å². The second-order valence-corrected chi connectivity index (χ2v) is 7.58. The molecular weight excluding hydrogens is 252 g/mol. The summed E-state index contributed by atoms with van der Waals surface area (Å²) in [6.07, 6.45) is 6.55. The zero-order valence-electron chi connectivity index (χ0n) is 13.0. The Bertz CT molecular complexity index is 325. The van der Waals surface area contributed by atoms with E-state index < -0.39 is 5.60 Å². The molecule has 0 radical (unpaired) electrons. The Morgan fingerprint density at radius 1 is 1.30 bits per heavy atom. The third kappa shape index (κ3) is 4.74. The first-order valence-electron chi connectivity index (χ1n) is 8.08. The summed E-state index contributed by atoms with van der Waals surface area (Å²) < 4.78 is 0. The van der Waals surface area contributed by atoms with Crippen molar-refractivity contribution in [3.05, 3.63) is 0 Å². The van der Waals surface area contributed by atoms with Gasteiger partial charge in [0, 0.05) is 13.0 Å². The Morgan fingerprint density at radius 3 is 2.60 bits per heavy atom. The second kappa shape index (κ2) is 6.44. The minimum atomic E-state index is -0.685. The molecule has 3 N–H and O–H groups in total. The topological polar surface area (TPSA) is 61.4 Å². The number of amides is 1. The molecule has 0 aromatic heterocycles. The minimum Gasteiger partial charge on any atom is -0.388 e. The van der Waals surface area contributed by atoms with E-state index in [-0.39, 0.29) is 5.91 Å². The molecule has 1 heterocycles. The molecule has 1 saturated carbocycles. The first-order valence-corrected chi connectivity index (χ1v) is 8.08. The number of carbonyl (C=O) groups excluding carboxylic acids is 1. The standard InChI is InChI=1S/C16H30N2O2/c1-15(2)5-7-16(20,8-6-15)12-18-14(19)10-13-4-3-9-17-11-13/h13,17,20H,3-12H2,1-2H3,(H,18,19). The van der Waals surface area contributed by atoms with Crippen molar-refractivity contribution in [1.29, 1.82) is 0 Å². The summed E-state index contributed by atoms with van der Waals surface area (Å²) in [4.78, 5) is 12.0. The van der Waals surface area contributed by atoms with Gasteiger partial charge in [-0.2, -0.15) is 0 Å². The molecule has 2 aliphatic rings. The molecule has 0 bridgehead atoms. The van der Waals surface area contributed by atoms with Crippen molar-refractivity contribution in [2.45, 2.75) is 64.4 Å². The summed E-state index contributed by atoms with van der Waals surface area (Å²) in [6.45, 7) is 6.95. The number of nitrogens with one attached hydrogen (secondary N) is 2. The lowest BCUT2D eigenvalue weighted by Crippen LogP contribution is -2.47. The predicted octanol–water partition coefficient (Wildman–Crippen LogP) is 1.82. The van der Waals surface area contributed by atoms with Gasteiger partial charge in [-0.15, -0.1) is 0 Å². The van der Waals surface area contributed by atoms with Gasteiger partial charge in [0.05, 0.1) is 5.60 Å². The molecule has 1 aliphatic heterocycles. The van der Waals surface area contributed by atoms with Crippen LogP contribution in [0.15, 0.2) is 0 Å². The Morgan fingerprint density at radius 2 is 2.00 bits per heavy atom. The van der Waals surface area contributed by atoms with Gasteiger partial charge < -0.3 is 15.7 Å². The highest BCUT2D eigenvalue weighted by Crippen LogP contribution is 2.39. The van der Waals surface area contributed by atoms with Crippen LogP contribution in [0.2, 0.25) is 0 Å². The lowest BCUT2D eigenvalue weighted by atomic mass is 9.71. The van der Waals surface area contributed by atoms with Crippen molar-refractivity contribution in [3.63, 3.8) is 0 Å². The lowest BCUT2D eigenvalue weighted by Gasteiger charge is -2.40. The molecule has 0 spiro atoms. The van der Waals surface area contributed by atoms with Gasteiger partial charge in [-0.25, -0.2) is 0 Å². The van der Waals surface area contributed by atoms with Crippen molar-refractivity contribution in [1.82, 2.24) is 10.6 Å². The fourth-order valence-corrected chi connectivity index (χ4v) is 3.26. The maximum Gasteiger partial charge on any atom is 0.220 e. The Hall–Kier alpha value is -0.610. The number of hydrogen-bond donors (Lipinski definition) is 3. The summed E-state index contributed by atoms with van der Waals surface area (Å²) in [5.74, 6) is 0.556. The van der Waals surface area contributed by atoms with Gasteiger partial charge >= 0.3 is 0 Å². The van der Waals surface area contributed by atoms with Gasteiger partial charge in [0.15, 0.2) is 0 Å². The van der Waals surface area contributed by atoms with E-state index in [4.69, 9.17) is 0 Å². The Kier molecular flexibility index (Phi) is 5.08. The van der Waals surface area contributed by atoms with E-state index in [1.807, 2.05) is 0 Å². The number of carbonyl (C=O) groups is 1. The third-order valence-corrected chi connectivity index (χ3v) is 5.02. The Balaban J connectivity index is 1.70. The van der Waals surface area contributed by atoms with Crippen LogP contribution in [0, 0.1) is 11.3 Å². The SMILES string of the molecule is CC1(C)CCC(O)(CNC(=O)CC2CCCNC2)CC1. The predicted molar refractivity (Wildman–Crippen MR) is 80.4 cm³/mol. The zero-order valence-corrected chi connectivity index (χ0v) is 13.0. The average molecular weight is 282 g/mol. The number of hydrogen-bond acceptors (Lipinski definition) is 3. The molecule has 4 heteroatoms. The first kappa shape index (κ1) is 15.8. The van der Waals surface area contributed by atoms with Gasteiger partial charge in [-0.1, -0.05) is 13.8 Å². The molecule has 116 valence electrons. The van der Waals surface area contributed by atoms with Crippen molar-refractivity contribution >= 4 is 5.91 Å². The quantitative estimate of drug-likeness (QED) is 0.737. The molecule has 2 rings (SSSR count). The van der Waals surface area contributed by atoms with Crippen molar-refractivity contribution in [3.8, 4) is 0 Å². The van der Waals surface area contributed by atoms with Gasteiger partial charge in [0.25, 0.3) is 0 Å². The monoisotopic (exact) mass is 282 g/mol. The van der Waals surface area contributed by atoms with Crippen molar-refractivity contribution in [2.24, 2.45) is 11.3 Å². The number of rotatable bonds is 4. The van der Waals surface area contributed by atoms with Gasteiger partial charge in [0.1, 0.15) is 0 Å². The van der Waals surface area contributed by atoms with Crippen LogP contribution in [0.25, 0.3) is 0 Å². The number of piperidine rings is 1. The highest BCUT2D eigenvalue weighted by atomic mass is 16.3. The maximum atomic E-state index is 12.0. The molecule has 1 unspecified atom stereocenters. The van der Waals surface area contributed by atoms with Gasteiger partial charge in [-0.05, 0) is 62.9 Å². The van der Waals surface area contributed by atoms with Gasteiger partial charge in [-0.3, -0.25) is 4.79 Å². The summed E-state index contributed by atoms with van der Waals surface area (Å²) in [5.41, 5.74) is -0.347. The summed E-state index contributed by atoms with van der Waals surface area (Å²) >= 11 is 0. The molecule has 1 atom stereocenters. The number of aliphatic hydroxyl groups is 1. The molecule has 0 aromatic rings. The highest BCUT2D eigenvalue weighted by molar-refractivity contribution is 5.76. The van der Waals surface area contributed by atoms with Crippen LogP contribution in [0.4, 0.5) is 0 Å². The average Bonchev–Trinajstić information content (AvgIpc) is 2.42. The molecular formula is C16H30N2O2. The zero-order chi connectivity index (χ0) is 14.6. The summed E-state index contributed by atoms with van der Waals surface area (Å²) in [7, 11) is 0. The summed E-state index contributed by atoms with van der Waals surface area (Å²) in [5, 5.41) is 16.8. The fourth-order valence-electron chi connectivity index (χ4n) is 3.26. The Labute approximate surface area is 122 Å². The van der Waals surface area contributed by atoms with Crippen LogP contribution < -0.4 is 10.6 Å². The van der Waals surface area contributed by atoms with Gasteiger partial charge in [0.2, 0.25) is 5.91 Å². The van der Waals surface area contributed by atoms with Crippen LogP contribution >= 0.6 is 0 Å². The van der Waals surface area contributed by atoms with E-state index in [9.17, 15) is 9.90 Å². The van der Waals surface area contributed by atoms with E-state index in [0.717, 1.165) is 51.6 Å². The van der Waals surface area contributed by atoms with Crippen LogP contribution in [0.3, 0.4) is 0 Å². The lowest BCUT2D eigenvalue weighted by molar-refractivity contribution is -0.124. The van der Waals surface area contributed by atoms with Crippen LogP contribution in [-0.2, 0) is 4.79 Å². The van der Waals surface area contributed by atoms with E-state index in [2.05, 4.69) is 24.5 Å². The largest absolute Gasteiger partial charge is 0.388 e. The highest BCUT2D eigenvalue weighted by Gasteiger charge is 2.36. The second-order valence-electron chi connectivity index (χ2n) is 7.58. The van der Waals surface area contributed by atoms with Crippen molar-refractivity contribution in [2.75, 3.05) is 19.6 Å². The molecule has 4 nitrogen and oxygen atoms in total. The molecule has 0 aromatic carbocycles. The van der Waals surface area contributed by atoms with E-state index in [1.165, 1.54) is 0 Å². The fraction of sp³-hybridized carbons (Fsp3) is 0.938. The van der Waals surface area contributed by atoms with E-state index >= 15 is 0 Å². The van der Waals surface area contributed by atoms with Crippen LogP contribution in [0.1, 0.15) is 58.8 Å². The molecule has 1 aliphatic carbocycles. The van der Waals surface area contributed by atoms with Crippen LogP contribution in [0.5, 0.6) is 0 Å². The summed E-state index contributed by atoms with van der Waals surface area (Å²) in [6, 6.07) is 0. The molecule has 1 amide bonds.